The van der Waals surface area contributed by atoms with Crippen molar-refractivity contribution in [2.24, 2.45) is 0 Å². The molecule has 71 heavy (non-hydrogen) atoms. The molecule has 4 aliphatic rings. The minimum absolute atomic E-state index is 0.0000259. The highest BCUT2D eigenvalue weighted by atomic mass is 16.7. The lowest BCUT2D eigenvalue weighted by Gasteiger charge is -2.42. The molecule has 17 nitrogen and oxygen atoms in total. The van der Waals surface area contributed by atoms with Crippen molar-refractivity contribution in [3.8, 4) is 28.4 Å². The van der Waals surface area contributed by atoms with E-state index in [-0.39, 0.29) is 59.8 Å². The summed E-state index contributed by atoms with van der Waals surface area (Å²) in [6, 6.07) is 19.0. The number of carbonyl (C=O) groups excluding carboxylic acids is 5. The number of rotatable bonds is 20. The molecule has 6 N–H and O–H groups in total. The number of aliphatic hydroxyl groups excluding tert-OH is 1. The van der Waals surface area contributed by atoms with Crippen molar-refractivity contribution in [3.05, 3.63) is 111 Å². The van der Waals surface area contributed by atoms with Crippen LogP contribution in [0.1, 0.15) is 150 Å². The number of nitrogens with one attached hydrogen (secondary N) is 1. The van der Waals surface area contributed by atoms with Crippen LogP contribution in [0, 0.1) is 0 Å². The molecular formula is C54H59NO16. The van der Waals surface area contributed by atoms with Crippen molar-refractivity contribution >= 4 is 35.4 Å². The third kappa shape index (κ3) is 10.5. The first kappa shape index (κ1) is 50.7. The van der Waals surface area contributed by atoms with Crippen LogP contribution in [0.4, 0.5) is 4.79 Å². The van der Waals surface area contributed by atoms with Gasteiger partial charge in [0.05, 0.1) is 42.0 Å². The van der Waals surface area contributed by atoms with Gasteiger partial charge in [0, 0.05) is 54.7 Å². The number of aromatic hydroxyl groups is 2. The summed E-state index contributed by atoms with van der Waals surface area (Å²) in [4.78, 5) is 79.3. The summed E-state index contributed by atoms with van der Waals surface area (Å²) < 4.78 is 29.0. The average Bonchev–Trinajstić information content (AvgIpc) is 3.67. The van der Waals surface area contributed by atoms with E-state index < -0.39 is 114 Å². The van der Waals surface area contributed by atoms with Gasteiger partial charge in [-0.05, 0) is 48.1 Å². The second kappa shape index (κ2) is 21.8. The zero-order chi connectivity index (χ0) is 50.6. The number of ketones is 3. The van der Waals surface area contributed by atoms with Crippen molar-refractivity contribution in [2.75, 3.05) is 20.3 Å². The summed E-state index contributed by atoms with van der Waals surface area (Å²) in [6.45, 7) is 0.684. The van der Waals surface area contributed by atoms with E-state index in [2.05, 4.69) is 5.32 Å². The number of amides is 1. The molecule has 4 aromatic rings. The lowest BCUT2D eigenvalue weighted by Crippen LogP contribution is -2.56. The Kier molecular flexibility index (Phi) is 15.6. The van der Waals surface area contributed by atoms with Gasteiger partial charge in [0.1, 0.15) is 35.6 Å². The number of carboxylic acids is 1. The van der Waals surface area contributed by atoms with Gasteiger partial charge in [-0.3, -0.25) is 24.0 Å². The van der Waals surface area contributed by atoms with Gasteiger partial charge < -0.3 is 54.5 Å². The van der Waals surface area contributed by atoms with Crippen LogP contribution in [-0.2, 0) is 39.8 Å². The summed E-state index contributed by atoms with van der Waals surface area (Å²) >= 11 is 0. The van der Waals surface area contributed by atoms with Gasteiger partial charge in [0.2, 0.25) is 11.6 Å². The number of phenols is 2. The number of aliphatic hydroxyl groups is 2. The van der Waals surface area contributed by atoms with Crippen LogP contribution in [-0.4, -0.2) is 111 Å². The highest BCUT2D eigenvalue weighted by Crippen LogP contribution is 2.53. The summed E-state index contributed by atoms with van der Waals surface area (Å²) in [5, 5.41) is 59.0. The number of fused-ring (bicyclic) bond motifs is 6. The molecule has 1 fully saturated rings. The van der Waals surface area contributed by atoms with E-state index in [1.54, 1.807) is 0 Å². The molecule has 0 aromatic heterocycles. The van der Waals surface area contributed by atoms with Gasteiger partial charge in [0.25, 0.3) is 0 Å². The van der Waals surface area contributed by atoms with Gasteiger partial charge in [-0.1, -0.05) is 99.2 Å². The van der Waals surface area contributed by atoms with Crippen LogP contribution >= 0.6 is 0 Å². The second-order valence-corrected chi connectivity index (χ2v) is 18.8. The molecule has 3 aliphatic carbocycles. The van der Waals surface area contributed by atoms with Gasteiger partial charge in [-0.15, -0.1) is 0 Å². The maximum Gasteiger partial charge on any atom is 0.407 e. The van der Waals surface area contributed by atoms with Crippen LogP contribution in [0.25, 0.3) is 11.1 Å². The summed E-state index contributed by atoms with van der Waals surface area (Å²) in [7, 11) is 1.31. The fourth-order valence-corrected chi connectivity index (χ4v) is 10.5. The molecular weight excluding hydrogens is 919 g/mol. The molecule has 0 unspecified atom stereocenters. The average molecular weight is 978 g/mol. The molecule has 376 valence electrons. The Bertz CT molecular complexity index is 2670. The van der Waals surface area contributed by atoms with Gasteiger partial charge in [0.15, 0.2) is 18.7 Å². The standard InChI is InChI=1S/C54H59NO16/c1-29-48(60)37(55-53(65)69-27-36-32-18-13-11-16-30(32)31-17-12-14-19-33(31)36)24-43(70-29)71-39-26-54(66,40(56)28-68-42(59)23-10-8-6-4-3-5-7-9-22-41(57)58)25-35-45(39)52(64)47-46(50(35)62)49(61)34-20-15-21-38(67-2)44(34)51(47)63/h11-21,29,36-37,39,43,48,60,62,64,66H,3-10,22-28H2,1-2H3,(H,55,65)(H,57,58)/t29-,37-,39-,43-,48+,54-/m0/s1. The second-order valence-electron chi connectivity index (χ2n) is 18.8. The van der Waals surface area contributed by atoms with Crippen molar-refractivity contribution in [1.82, 2.24) is 5.32 Å². The van der Waals surface area contributed by atoms with Crippen LogP contribution in [0.15, 0.2) is 66.7 Å². The molecule has 1 amide bonds. The van der Waals surface area contributed by atoms with E-state index in [0.29, 0.717) is 12.8 Å². The predicted octanol–water partition coefficient (Wildman–Crippen LogP) is 7.12. The molecule has 17 heteroatoms. The highest BCUT2D eigenvalue weighted by Gasteiger charge is 2.51. The van der Waals surface area contributed by atoms with Crippen molar-refractivity contribution < 1.29 is 78.0 Å². The summed E-state index contributed by atoms with van der Waals surface area (Å²) in [5.74, 6) is -5.83. The normalized spacial score (nSPS) is 22.1. The Hall–Kier alpha value is -6.66. The molecule has 0 saturated carbocycles. The molecule has 0 spiro atoms. The first-order valence-electron chi connectivity index (χ1n) is 24.2. The van der Waals surface area contributed by atoms with Crippen LogP contribution in [0.5, 0.6) is 17.2 Å². The van der Waals surface area contributed by atoms with Gasteiger partial charge >= 0.3 is 18.0 Å². The number of esters is 1. The predicted molar refractivity (Wildman–Crippen MR) is 253 cm³/mol. The smallest absolute Gasteiger partial charge is 0.407 e. The SMILES string of the molecule is COc1cccc2c1C(=O)c1c(O)c3c(c(O)c1C2=O)C[C@@](O)(C(=O)COC(=O)CCCCCCCCCCC(=O)O)C[C@@H]3O[C@H]1C[C@H](NC(=O)OCC2c3ccccc3-c3ccccc32)[C@H](O)[C@H](C)O1. The fourth-order valence-electron chi connectivity index (χ4n) is 10.5. The minimum atomic E-state index is -2.43. The van der Waals surface area contributed by atoms with E-state index in [9.17, 15) is 49.2 Å². The van der Waals surface area contributed by atoms with Gasteiger partial charge in [-0.25, -0.2) is 4.79 Å². The fraction of sp³-hybridized carbons (Fsp3) is 0.444. The number of alkyl carbamates (subject to hydrolysis) is 1. The lowest BCUT2D eigenvalue weighted by atomic mass is 9.72. The number of carbonyl (C=O) groups is 6. The zero-order valence-electron chi connectivity index (χ0n) is 39.6. The molecule has 1 saturated heterocycles. The Labute approximate surface area is 410 Å². The number of benzene rings is 4. The number of ether oxygens (including phenoxy) is 5. The third-order valence-electron chi connectivity index (χ3n) is 14.1. The Morgan fingerprint density at radius 2 is 1.37 bits per heavy atom. The lowest BCUT2D eigenvalue weighted by molar-refractivity contribution is -0.249. The maximum absolute atomic E-state index is 14.2. The zero-order valence-corrected chi connectivity index (χ0v) is 39.6. The van der Waals surface area contributed by atoms with E-state index >= 15 is 0 Å². The largest absolute Gasteiger partial charge is 0.507 e. The molecule has 1 heterocycles. The Morgan fingerprint density at radius 3 is 2.01 bits per heavy atom. The maximum atomic E-state index is 14.2. The number of hydrogen-bond acceptors (Lipinski definition) is 15. The number of unbranched alkanes of at least 4 members (excludes halogenated alkanes) is 7. The number of methoxy groups -OCH3 is 1. The molecule has 8 rings (SSSR count). The van der Waals surface area contributed by atoms with Crippen molar-refractivity contribution in [2.45, 2.75) is 133 Å². The van der Waals surface area contributed by atoms with E-state index in [4.69, 9.17) is 28.8 Å². The topological polar surface area (TPSA) is 262 Å². The quantitative estimate of drug-likeness (QED) is 0.0258. The first-order chi connectivity index (χ1) is 34.1. The van der Waals surface area contributed by atoms with E-state index in [1.807, 2.05) is 48.5 Å². The minimum Gasteiger partial charge on any atom is -0.507 e. The number of aliphatic carboxylic acids is 1. The van der Waals surface area contributed by atoms with Crippen LogP contribution < -0.4 is 10.1 Å². The molecule has 0 radical (unpaired) electrons. The monoisotopic (exact) mass is 977 g/mol. The van der Waals surface area contributed by atoms with Crippen LogP contribution in [0.3, 0.4) is 0 Å². The molecule has 1 aliphatic heterocycles. The van der Waals surface area contributed by atoms with Crippen LogP contribution in [0.2, 0.25) is 0 Å². The highest BCUT2D eigenvalue weighted by molar-refractivity contribution is 6.31. The van der Waals surface area contributed by atoms with Crippen molar-refractivity contribution in [3.63, 3.8) is 0 Å². The van der Waals surface area contributed by atoms with E-state index in [0.717, 1.165) is 60.8 Å². The number of Topliss-reactive ketones (excluding diaryl/α,β-unsaturated/α-hetero) is 1. The Morgan fingerprint density at radius 1 is 0.761 bits per heavy atom. The van der Waals surface area contributed by atoms with E-state index in [1.165, 1.54) is 32.2 Å². The summed E-state index contributed by atoms with van der Waals surface area (Å²) in [6.07, 6.45) is -0.906. The van der Waals surface area contributed by atoms with Crippen molar-refractivity contribution in [1.29, 1.82) is 0 Å². The first-order valence-corrected chi connectivity index (χ1v) is 24.2. The molecule has 0 bridgehead atoms. The third-order valence-corrected chi connectivity index (χ3v) is 14.1. The number of hydrogen-bond donors (Lipinski definition) is 6. The van der Waals surface area contributed by atoms with Gasteiger partial charge in [-0.2, -0.15) is 0 Å². The number of carboxylic acid groups (broad SMARTS) is 1. The Balaban J connectivity index is 0.984. The summed E-state index contributed by atoms with van der Waals surface area (Å²) in [5.41, 5.74) is -0.151. The molecule has 6 atom stereocenters. The number of phenolic OH excluding ortho intramolecular Hbond substituents is 2. The molecule has 4 aromatic carbocycles.